The molecule has 0 radical (unpaired) electrons. The molecule has 0 aromatic heterocycles. The van der Waals surface area contributed by atoms with Gasteiger partial charge in [0, 0.05) is 12.5 Å². The summed E-state index contributed by atoms with van der Waals surface area (Å²) >= 11 is 0. The van der Waals surface area contributed by atoms with Crippen molar-refractivity contribution in [2.24, 2.45) is 0 Å². The summed E-state index contributed by atoms with van der Waals surface area (Å²) in [5.74, 6) is -1.80. The van der Waals surface area contributed by atoms with Gasteiger partial charge in [-0.25, -0.2) is 4.79 Å². The second-order valence-corrected chi connectivity index (χ2v) is 9.28. The fourth-order valence-corrected chi connectivity index (χ4v) is 4.45. The first-order valence-electron chi connectivity index (χ1n) is 11.4. The lowest BCUT2D eigenvalue weighted by Gasteiger charge is -2.31. The van der Waals surface area contributed by atoms with Crippen molar-refractivity contribution in [2.75, 3.05) is 13.2 Å². The van der Waals surface area contributed by atoms with Crippen LogP contribution in [0, 0.1) is 0 Å². The Labute approximate surface area is 199 Å². The molecule has 2 amide bonds. The summed E-state index contributed by atoms with van der Waals surface area (Å²) in [6.45, 7) is 4.66. The predicted molar refractivity (Wildman–Crippen MR) is 127 cm³/mol. The number of carbonyl (C=O) groups excluding carboxylic acids is 2. The summed E-state index contributed by atoms with van der Waals surface area (Å²) in [6.07, 6.45) is -0.286. The smallest absolute Gasteiger partial charge is 0.408 e. The maximum atomic E-state index is 12.9. The first kappa shape index (κ1) is 25.2. The number of nitrogens with one attached hydrogen (secondary N) is 2. The van der Waals surface area contributed by atoms with Crippen molar-refractivity contribution in [2.45, 2.75) is 57.1 Å². The van der Waals surface area contributed by atoms with Gasteiger partial charge in [-0.05, 0) is 42.5 Å². The Balaban J connectivity index is 1.65. The number of carbonyl (C=O) groups is 3. The molecule has 8 heteroatoms. The molecule has 4 N–H and O–H groups in total. The van der Waals surface area contributed by atoms with E-state index in [2.05, 4.69) is 22.8 Å². The molecule has 8 nitrogen and oxygen atoms in total. The van der Waals surface area contributed by atoms with Gasteiger partial charge < -0.3 is 25.6 Å². The number of carboxylic acid groups (broad SMARTS) is 1. The molecule has 2 aromatic rings. The van der Waals surface area contributed by atoms with E-state index in [1.54, 1.807) is 6.92 Å². The van der Waals surface area contributed by atoms with Crippen LogP contribution in [0.3, 0.4) is 0 Å². The van der Waals surface area contributed by atoms with Gasteiger partial charge in [0.25, 0.3) is 0 Å². The van der Waals surface area contributed by atoms with E-state index < -0.39 is 35.5 Å². The molecule has 0 saturated carbocycles. The van der Waals surface area contributed by atoms with Crippen molar-refractivity contribution < 1.29 is 29.3 Å². The number of alkyl carbamates (subject to hydrolysis) is 1. The van der Waals surface area contributed by atoms with Crippen LogP contribution in [0.1, 0.15) is 57.1 Å². The molecule has 1 aliphatic carbocycles. The summed E-state index contributed by atoms with van der Waals surface area (Å²) in [5, 5.41) is 24.3. The molecule has 0 saturated heterocycles. The van der Waals surface area contributed by atoms with Gasteiger partial charge in [-0.3, -0.25) is 9.59 Å². The zero-order valence-electron chi connectivity index (χ0n) is 19.8. The monoisotopic (exact) mass is 468 g/mol. The lowest BCUT2D eigenvalue weighted by molar-refractivity contribution is -0.142. The number of aliphatic hydroxyl groups is 1. The van der Waals surface area contributed by atoms with E-state index >= 15 is 0 Å². The molecular weight excluding hydrogens is 436 g/mol. The molecule has 34 heavy (non-hydrogen) atoms. The Hall–Kier alpha value is -3.39. The number of ether oxygens (including phenoxy) is 1. The quantitative estimate of drug-likeness (QED) is 0.423. The van der Waals surface area contributed by atoms with E-state index in [1.165, 1.54) is 6.92 Å². The number of hydrogen-bond acceptors (Lipinski definition) is 5. The fraction of sp³-hybridized carbons (Fsp3) is 0.423. The third-order valence-corrected chi connectivity index (χ3v) is 6.13. The van der Waals surface area contributed by atoms with E-state index in [4.69, 9.17) is 9.84 Å². The third-order valence-electron chi connectivity index (χ3n) is 6.13. The molecule has 0 aliphatic heterocycles. The molecule has 0 fully saturated rings. The van der Waals surface area contributed by atoms with Gasteiger partial charge in [0.05, 0.1) is 12.0 Å². The van der Waals surface area contributed by atoms with Crippen LogP contribution in [-0.4, -0.2) is 52.5 Å². The number of rotatable bonds is 10. The summed E-state index contributed by atoms with van der Waals surface area (Å²) in [5.41, 5.74) is 1.53. The molecule has 2 aromatic carbocycles. The average Bonchev–Trinajstić information content (AvgIpc) is 3.09. The van der Waals surface area contributed by atoms with E-state index in [9.17, 15) is 19.5 Å². The lowest BCUT2D eigenvalue weighted by Crippen LogP contribution is -2.58. The van der Waals surface area contributed by atoms with Gasteiger partial charge >= 0.3 is 12.1 Å². The first-order valence-corrected chi connectivity index (χ1v) is 11.4. The van der Waals surface area contributed by atoms with Crippen molar-refractivity contribution >= 4 is 18.0 Å². The Kier molecular flexibility index (Phi) is 7.61. The number of hydrogen-bond donors (Lipinski definition) is 4. The highest BCUT2D eigenvalue weighted by molar-refractivity contribution is 5.89. The first-order chi connectivity index (χ1) is 16.1. The van der Waals surface area contributed by atoms with Crippen LogP contribution in [0.5, 0.6) is 0 Å². The molecule has 0 spiro atoms. The second kappa shape index (κ2) is 10.3. The molecule has 0 heterocycles. The van der Waals surface area contributed by atoms with Gasteiger partial charge in [-0.1, -0.05) is 61.9 Å². The number of benzene rings is 2. The Morgan fingerprint density at radius 3 is 2.09 bits per heavy atom. The van der Waals surface area contributed by atoms with Crippen LogP contribution in [-0.2, 0) is 14.3 Å². The number of aliphatic carboxylic acids is 1. The fourth-order valence-electron chi connectivity index (χ4n) is 4.45. The van der Waals surface area contributed by atoms with E-state index in [1.807, 2.05) is 43.3 Å². The van der Waals surface area contributed by atoms with Crippen molar-refractivity contribution in [3.05, 3.63) is 59.7 Å². The zero-order valence-corrected chi connectivity index (χ0v) is 19.8. The Bertz CT molecular complexity index is 1020. The maximum Gasteiger partial charge on any atom is 0.408 e. The average molecular weight is 469 g/mol. The molecule has 3 rings (SSSR count). The van der Waals surface area contributed by atoms with Crippen LogP contribution in [0.25, 0.3) is 11.1 Å². The second-order valence-electron chi connectivity index (χ2n) is 9.28. The lowest BCUT2D eigenvalue weighted by atomic mass is 9.94. The minimum atomic E-state index is -1.61. The van der Waals surface area contributed by atoms with Crippen molar-refractivity contribution in [1.82, 2.24) is 10.6 Å². The largest absolute Gasteiger partial charge is 0.481 e. The van der Waals surface area contributed by atoms with Crippen molar-refractivity contribution in [1.29, 1.82) is 0 Å². The van der Waals surface area contributed by atoms with Crippen LogP contribution in [0.15, 0.2) is 48.5 Å². The molecule has 2 unspecified atom stereocenters. The van der Waals surface area contributed by atoms with Gasteiger partial charge in [0.15, 0.2) is 0 Å². The van der Waals surface area contributed by atoms with E-state index in [-0.39, 0.29) is 19.1 Å². The van der Waals surface area contributed by atoms with Gasteiger partial charge in [-0.2, -0.15) is 0 Å². The molecule has 1 aliphatic rings. The maximum absolute atomic E-state index is 12.9. The van der Waals surface area contributed by atoms with Gasteiger partial charge in [0.2, 0.25) is 5.91 Å². The third kappa shape index (κ3) is 5.75. The minimum absolute atomic E-state index is 0.101. The molecule has 182 valence electrons. The minimum Gasteiger partial charge on any atom is -0.481 e. The van der Waals surface area contributed by atoms with Crippen molar-refractivity contribution in [3.8, 4) is 11.1 Å². The Morgan fingerprint density at radius 2 is 1.56 bits per heavy atom. The van der Waals surface area contributed by atoms with Gasteiger partial charge in [-0.15, -0.1) is 0 Å². The predicted octanol–water partition coefficient (Wildman–Crippen LogP) is 3.43. The van der Waals surface area contributed by atoms with Crippen LogP contribution >= 0.6 is 0 Å². The van der Waals surface area contributed by atoms with Crippen molar-refractivity contribution in [3.63, 3.8) is 0 Å². The number of fused-ring (bicyclic) bond motifs is 3. The standard InChI is InChI=1S/C26H32N2O6/c1-4-13-26(3,23(31)27-16-25(2,33)14-22(29)30)28-24(32)34-15-21-19-11-7-5-9-17(19)18-10-6-8-12-20(18)21/h5-12,21,33H,4,13-16H2,1-3H3,(H,27,31)(H,28,32)(H,29,30). The summed E-state index contributed by atoms with van der Waals surface area (Å²) in [4.78, 5) is 36.5. The number of carboxylic acids is 1. The molecule has 0 bridgehead atoms. The highest BCUT2D eigenvalue weighted by Crippen LogP contribution is 2.44. The van der Waals surface area contributed by atoms with Crippen LogP contribution in [0.2, 0.25) is 0 Å². The summed E-state index contributed by atoms with van der Waals surface area (Å²) < 4.78 is 5.57. The zero-order chi connectivity index (χ0) is 24.9. The van der Waals surface area contributed by atoms with E-state index in [0.717, 1.165) is 22.3 Å². The highest BCUT2D eigenvalue weighted by atomic mass is 16.5. The number of amides is 2. The molecule has 2 atom stereocenters. The highest BCUT2D eigenvalue weighted by Gasteiger charge is 2.37. The van der Waals surface area contributed by atoms with Crippen LogP contribution < -0.4 is 10.6 Å². The van der Waals surface area contributed by atoms with E-state index in [0.29, 0.717) is 12.8 Å². The topological polar surface area (TPSA) is 125 Å². The molecular formula is C26H32N2O6. The summed E-state index contributed by atoms with van der Waals surface area (Å²) in [6, 6.07) is 16.0. The Morgan fingerprint density at radius 1 is 1.00 bits per heavy atom. The van der Waals surface area contributed by atoms with Gasteiger partial charge in [0.1, 0.15) is 12.1 Å². The normalized spacial score (nSPS) is 15.9. The SMILES string of the molecule is CCCC(C)(NC(=O)OCC1c2ccccc2-c2ccccc21)C(=O)NCC(C)(O)CC(=O)O. The summed E-state index contributed by atoms with van der Waals surface area (Å²) in [7, 11) is 0. The van der Waals surface area contributed by atoms with Crippen LogP contribution in [0.4, 0.5) is 4.79 Å².